The quantitative estimate of drug-likeness (QED) is 0.644. The van der Waals surface area contributed by atoms with E-state index >= 15 is 0 Å². The maximum absolute atomic E-state index is 5.50. The standard InChI is InChI=1S/C15H18N6O/c16-14(17)19-12-10-18-15(21-6-8-22-9-7-21)20-13(12)11-4-2-1-3-5-11/h1-5,10H,6-9H2,(H4,16,17,19). The first-order chi connectivity index (χ1) is 10.7. The van der Waals surface area contributed by atoms with Gasteiger partial charge in [0.2, 0.25) is 5.95 Å². The van der Waals surface area contributed by atoms with Crippen LogP contribution in [0.2, 0.25) is 0 Å². The van der Waals surface area contributed by atoms with Gasteiger partial charge in [0.15, 0.2) is 5.96 Å². The van der Waals surface area contributed by atoms with E-state index < -0.39 is 0 Å². The van der Waals surface area contributed by atoms with Crippen LogP contribution in [0.3, 0.4) is 0 Å². The summed E-state index contributed by atoms with van der Waals surface area (Å²) in [4.78, 5) is 15.3. The Balaban J connectivity index is 2.04. The lowest BCUT2D eigenvalue weighted by Crippen LogP contribution is -2.37. The number of aromatic nitrogens is 2. The van der Waals surface area contributed by atoms with Gasteiger partial charge in [0.1, 0.15) is 11.4 Å². The molecule has 22 heavy (non-hydrogen) atoms. The van der Waals surface area contributed by atoms with Crippen LogP contribution in [0.1, 0.15) is 0 Å². The molecule has 1 fully saturated rings. The first-order valence-corrected chi connectivity index (χ1v) is 7.09. The van der Waals surface area contributed by atoms with E-state index in [0.717, 1.165) is 18.7 Å². The van der Waals surface area contributed by atoms with Crippen molar-refractivity contribution in [3.05, 3.63) is 36.5 Å². The number of aliphatic imine (C=N–C) groups is 1. The van der Waals surface area contributed by atoms with E-state index in [4.69, 9.17) is 16.2 Å². The molecule has 0 aliphatic carbocycles. The van der Waals surface area contributed by atoms with E-state index in [9.17, 15) is 0 Å². The Kier molecular flexibility index (Phi) is 4.15. The van der Waals surface area contributed by atoms with Crippen LogP contribution < -0.4 is 16.4 Å². The molecule has 0 amide bonds. The van der Waals surface area contributed by atoms with Gasteiger partial charge < -0.3 is 21.1 Å². The maximum atomic E-state index is 5.50. The second-order valence-corrected chi connectivity index (χ2v) is 4.91. The minimum Gasteiger partial charge on any atom is -0.378 e. The number of guanidine groups is 1. The van der Waals surface area contributed by atoms with Gasteiger partial charge in [-0.25, -0.2) is 15.0 Å². The summed E-state index contributed by atoms with van der Waals surface area (Å²) in [5, 5.41) is 0. The summed E-state index contributed by atoms with van der Waals surface area (Å²) in [6, 6.07) is 9.79. The molecule has 7 heteroatoms. The molecule has 0 atom stereocenters. The van der Waals surface area contributed by atoms with Crippen molar-refractivity contribution in [1.29, 1.82) is 0 Å². The number of nitrogens with two attached hydrogens (primary N) is 2. The number of hydrogen-bond acceptors (Lipinski definition) is 5. The minimum atomic E-state index is -0.0140. The predicted molar refractivity (Wildman–Crippen MR) is 86.0 cm³/mol. The van der Waals surface area contributed by atoms with Crippen LogP contribution in [0.25, 0.3) is 11.3 Å². The third kappa shape index (κ3) is 3.15. The molecular formula is C15H18N6O. The van der Waals surface area contributed by atoms with Gasteiger partial charge in [-0.05, 0) is 0 Å². The van der Waals surface area contributed by atoms with Crippen molar-refractivity contribution in [3.63, 3.8) is 0 Å². The van der Waals surface area contributed by atoms with E-state index in [1.165, 1.54) is 0 Å². The minimum absolute atomic E-state index is 0.0140. The molecule has 0 spiro atoms. The first-order valence-electron chi connectivity index (χ1n) is 7.09. The highest BCUT2D eigenvalue weighted by molar-refractivity contribution is 5.83. The zero-order chi connectivity index (χ0) is 15.4. The van der Waals surface area contributed by atoms with Crippen molar-refractivity contribution in [2.24, 2.45) is 16.5 Å². The van der Waals surface area contributed by atoms with Gasteiger partial charge in [-0.1, -0.05) is 30.3 Å². The van der Waals surface area contributed by atoms with Crippen molar-refractivity contribution < 1.29 is 4.74 Å². The van der Waals surface area contributed by atoms with Crippen molar-refractivity contribution in [2.75, 3.05) is 31.2 Å². The molecule has 1 aliphatic rings. The van der Waals surface area contributed by atoms with Gasteiger partial charge in [-0.2, -0.15) is 0 Å². The maximum Gasteiger partial charge on any atom is 0.226 e. The predicted octanol–water partition coefficient (Wildman–Crippen LogP) is 0.885. The van der Waals surface area contributed by atoms with Crippen LogP contribution in [0.5, 0.6) is 0 Å². The molecule has 4 N–H and O–H groups in total. The third-order valence-electron chi connectivity index (χ3n) is 3.35. The second-order valence-electron chi connectivity index (χ2n) is 4.91. The molecule has 7 nitrogen and oxygen atoms in total. The molecule has 2 aromatic rings. The number of rotatable bonds is 3. The molecular weight excluding hydrogens is 280 g/mol. The van der Waals surface area contributed by atoms with Gasteiger partial charge in [0.05, 0.1) is 19.4 Å². The summed E-state index contributed by atoms with van der Waals surface area (Å²) in [7, 11) is 0. The zero-order valence-electron chi connectivity index (χ0n) is 12.1. The number of morpholine rings is 1. The largest absolute Gasteiger partial charge is 0.378 e. The first kappa shape index (κ1) is 14.3. The molecule has 3 rings (SSSR count). The van der Waals surface area contributed by atoms with Gasteiger partial charge >= 0.3 is 0 Å². The molecule has 1 aliphatic heterocycles. The molecule has 1 aromatic carbocycles. The SMILES string of the molecule is NC(N)=Nc1cnc(N2CCOCC2)nc1-c1ccccc1. The Morgan fingerprint density at radius 3 is 2.55 bits per heavy atom. The number of anilines is 1. The fourth-order valence-electron chi connectivity index (χ4n) is 2.31. The van der Waals surface area contributed by atoms with Gasteiger partial charge in [-0.15, -0.1) is 0 Å². The summed E-state index contributed by atoms with van der Waals surface area (Å²) in [5.74, 6) is 0.650. The summed E-state index contributed by atoms with van der Waals surface area (Å²) >= 11 is 0. The highest BCUT2D eigenvalue weighted by atomic mass is 16.5. The van der Waals surface area contributed by atoms with Gasteiger partial charge in [-0.3, -0.25) is 0 Å². The third-order valence-corrected chi connectivity index (χ3v) is 3.35. The molecule has 0 saturated carbocycles. The summed E-state index contributed by atoms with van der Waals surface area (Å²) < 4.78 is 5.36. The molecule has 0 unspecified atom stereocenters. The van der Waals surface area contributed by atoms with E-state index in [1.54, 1.807) is 6.20 Å². The summed E-state index contributed by atoms with van der Waals surface area (Å²) in [5.41, 5.74) is 13.2. The molecule has 1 aromatic heterocycles. The molecule has 1 saturated heterocycles. The average molecular weight is 298 g/mol. The topological polar surface area (TPSA) is 103 Å². The second kappa shape index (κ2) is 6.40. The smallest absolute Gasteiger partial charge is 0.226 e. The van der Waals surface area contributed by atoms with Crippen molar-refractivity contribution in [3.8, 4) is 11.3 Å². The van der Waals surface area contributed by atoms with Crippen LogP contribution >= 0.6 is 0 Å². The number of nitrogens with zero attached hydrogens (tertiary/aromatic N) is 4. The van der Waals surface area contributed by atoms with Crippen LogP contribution in [0.4, 0.5) is 11.6 Å². The van der Waals surface area contributed by atoms with Crippen LogP contribution in [0.15, 0.2) is 41.5 Å². The lowest BCUT2D eigenvalue weighted by molar-refractivity contribution is 0.122. The number of ether oxygens (including phenoxy) is 1. The Hall–Kier alpha value is -2.67. The molecule has 114 valence electrons. The number of hydrogen-bond donors (Lipinski definition) is 2. The van der Waals surface area contributed by atoms with Gasteiger partial charge in [0, 0.05) is 18.7 Å². The Morgan fingerprint density at radius 1 is 1.14 bits per heavy atom. The van der Waals surface area contributed by atoms with Crippen molar-refractivity contribution in [2.45, 2.75) is 0 Å². The monoisotopic (exact) mass is 298 g/mol. The van der Waals surface area contributed by atoms with Crippen molar-refractivity contribution >= 4 is 17.6 Å². The van der Waals surface area contributed by atoms with Crippen LogP contribution in [0, 0.1) is 0 Å². The lowest BCUT2D eigenvalue weighted by Gasteiger charge is -2.27. The average Bonchev–Trinajstić information content (AvgIpc) is 2.56. The lowest BCUT2D eigenvalue weighted by atomic mass is 10.1. The van der Waals surface area contributed by atoms with Gasteiger partial charge in [0.25, 0.3) is 0 Å². The van der Waals surface area contributed by atoms with Crippen LogP contribution in [-0.2, 0) is 4.74 Å². The van der Waals surface area contributed by atoms with Crippen molar-refractivity contribution in [1.82, 2.24) is 9.97 Å². The Bertz CT molecular complexity index is 663. The Labute approximate surface area is 128 Å². The highest BCUT2D eigenvalue weighted by Gasteiger charge is 2.16. The normalized spacial score (nSPS) is 14.6. The van der Waals surface area contributed by atoms with E-state index in [-0.39, 0.29) is 5.96 Å². The summed E-state index contributed by atoms with van der Waals surface area (Å²) in [6.07, 6.45) is 1.65. The summed E-state index contributed by atoms with van der Waals surface area (Å²) in [6.45, 7) is 2.91. The fraction of sp³-hybridized carbons (Fsp3) is 0.267. The van der Waals surface area contributed by atoms with E-state index in [1.807, 2.05) is 30.3 Å². The van der Waals surface area contributed by atoms with Crippen LogP contribution in [-0.4, -0.2) is 42.2 Å². The number of benzene rings is 1. The highest BCUT2D eigenvalue weighted by Crippen LogP contribution is 2.29. The fourth-order valence-corrected chi connectivity index (χ4v) is 2.31. The Morgan fingerprint density at radius 2 is 1.86 bits per heavy atom. The molecule has 0 bridgehead atoms. The van der Waals surface area contributed by atoms with E-state index in [0.29, 0.717) is 30.5 Å². The van der Waals surface area contributed by atoms with E-state index in [2.05, 4.69) is 19.9 Å². The molecule has 0 radical (unpaired) electrons. The zero-order valence-corrected chi connectivity index (χ0v) is 12.1. The molecule has 2 heterocycles.